The maximum Gasteiger partial charge on any atom is 0.290 e. The molecule has 0 aliphatic heterocycles. The number of hydrogen-bond donors (Lipinski definition) is 2. The maximum atomic E-state index is 12.2. The second-order valence-electron chi connectivity index (χ2n) is 5.61. The summed E-state index contributed by atoms with van der Waals surface area (Å²) in [5, 5.41) is 7.83. The highest BCUT2D eigenvalue weighted by Gasteiger charge is 2.16. The first-order chi connectivity index (χ1) is 11.1. The molecule has 0 saturated heterocycles. The van der Waals surface area contributed by atoms with E-state index >= 15 is 0 Å². The Morgan fingerprint density at radius 3 is 3.00 bits per heavy atom. The van der Waals surface area contributed by atoms with Crippen LogP contribution in [-0.2, 0) is 11.3 Å². The molecule has 23 heavy (non-hydrogen) atoms. The van der Waals surface area contributed by atoms with Gasteiger partial charge in [0.2, 0.25) is 5.76 Å². The number of amides is 1. The molecule has 6 heteroatoms. The Kier molecular flexibility index (Phi) is 4.16. The zero-order valence-electron chi connectivity index (χ0n) is 13.3. The SMILES string of the molecule is COCc1cc(C(=O)NC(C)c2ccc3[nH]c(C)cc3c2)on1. The fraction of sp³-hybridized carbons (Fsp3) is 0.294. The average molecular weight is 313 g/mol. The number of hydrogen-bond acceptors (Lipinski definition) is 4. The Bertz CT molecular complexity index is 835. The van der Waals surface area contributed by atoms with Crippen LogP contribution >= 0.6 is 0 Å². The summed E-state index contributed by atoms with van der Waals surface area (Å²) in [6.07, 6.45) is 0. The van der Waals surface area contributed by atoms with Gasteiger partial charge in [-0.1, -0.05) is 11.2 Å². The van der Waals surface area contributed by atoms with Crippen molar-refractivity contribution in [3.05, 3.63) is 53.0 Å². The average Bonchev–Trinajstić information content (AvgIpc) is 3.12. The molecule has 0 aliphatic rings. The number of H-pyrrole nitrogens is 1. The molecule has 0 fully saturated rings. The van der Waals surface area contributed by atoms with Crippen LogP contribution in [0.15, 0.2) is 34.9 Å². The van der Waals surface area contributed by atoms with Gasteiger partial charge in [0.1, 0.15) is 5.69 Å². The molecule has 1 unspecified atom stereocenters. The zero-order chi connectivity index (χ0) is 16.4. The number of rotatable bonds is 5. The largest absolute Gasteiger partial charge is 0.378 e. The molecule has 2 N–H and O–H groups in total. The van der Waals surface area contributed by atoms with E-state index in [4.69, 9.17) is 9.26 Å². The third kappa shape index (κ3) is 3.27. The lowest BCUT2D eigenvalue weighted by Crippen LogP contribution is -2.26. The van der Waals surface area contributed by atoms with Crippen molar-refractivity contribution < 1.29 is 14.1 Å². The van der Waals surface area contributed by atoms with Crippen molar-refractivity contribution in [3.63, 3.8) is 0 Å². The normalized spacial score (nSPS) is 12.5. The Hall–Kier alpha value is -2.60. The van der Waals surface area contributed by atoms with Crippen LogP contribution in [0.25, 0.3) is 10.9 Å². The molecule has 0 bridgehead atoms. The smallest absolute Gasteiger partial charge is 0.290 e. The number of benzene rings is 1. The Labute approximate surface area is 133 Å². The quantitative estimate of drug-likeness (QED) is 0.758. The lowest BCUT2D eigenvalue weighted by molar-refractivity contribution is 0.0902. The third-order valence-corrected chi connectivity index (χ3v) is 3.70. The lowest BCUT2D eigenvalue weighted by Gasteiger charge is -2.13. The van der Waals surface area contributed by atoms with E-state index in [9.17, 15) is 4.79 Å². The van der Waals surface area contributed by atoms with E-state index in [0.717, 1.165) is 22.2 Å². The molecule has 1 amide bonds. The highest BCUT2D eigenvalue weighted by molar-refractivity contribution is 5.91. The first-order valence-electron chi connectivity index (χ1n) is 7.41. The van der Waals surface area contributed by atoms with Crippen molar-refractivity contribution in [1.29, 1.82) is 0 Å². The van der Waals surface area contributed by atoms with Crippen LogP contribution in [0.1, 0.15) is 40.5 Å². The van der Waals surface area contributed by atoms with E-state index in [2.05, 4.69) is 27.6 Å². The van der Waals surface area contributed by atoms with Crippen LogP contribution in [0.2, 0.25) is 0 Å². The van der Waals surface area contributed by atoms with Gasteiger partial charge in [0.05, 0.1) is 12.6 Å². The molecule has 0 radical (unpaired) electrons. The van der Waals surface area contributed by atoms with Crippen LogP contribution in [0, 0.1) is 6.92 Å². The number of aryl methyl sites for hydroxylation is 1. The highest BCUT2D eigenvalue weighted by atomic mass is 16.5. The second kappa shape index (κ2) is 6.26. The van der Waals surface area contributed by atoms with Gasteiger partial charge in [-0.25, -0.2) is 0 Å². The molecule has 2 aromatic heterocycles. The number of nitrogens with one attached hydrogen (secondary N) is 2. The van der Waals surface area contributed by atoms with Gasteiger partial charge >= 0.3 is 0 Å². The van der Waals surface area contributed by atoms with Gasteiger partial charge in [-0.05, 0) is 43.0 Å². The van der Waals surface area contributed by atoms with E-state index in [1.165, 1.54) is 0 Å². The van der Waals surface area contributed by atoms with E-state index in [1.807, 2.05) is 26.0 Å². The van der Waals surface area contributed by atoms with Crippen molar-refractivity contribution in [2.24, 2.45) is 0 Å². The van der Waals surface area contributed by atoms with Crippen LogP contribution in [0.3, 0.4) is 0 Å². The summed E-state index contributed by atoms with van der Waals surface area (Å²) < 4.78 is 10.00. The maximum absolute atomic E-state index is 12.2. The molecule has 1 aromatic carbocycles. The molecule has 3 rings (SSSR count). The number of carbonyl (C=O) groups excluding carboxylic acids is 1. The van der Waals surface area contributed by atoms with Gasteiger partial charge in [0.25, 0.3) is 5.91 Å². The second-order valence-corrected chi connectivity index (χ2v) is 5.61. The van der Waals surface area contributed by atoms with Crippen molar-refractivity contribution in [1.82, 2.24) is 15.5 Å². The van der Waals surface area contributed by atoms with Gasteiger partial charge in [-0.3, -0.25) is 4.79 Å². The number of ether oxygens (including phenoxy) is 1. The summed E-state index contributed by atoms with van der Waals surface area (Å²) in [4.78, 5) is 15.5. The molecule has 120 valence electrons. The van der Waals surface area contributed by atoms with Gasteiger partial charge in [0, 0.05) is 24.4 Å². The molecule has 0 aliphatic carbocycles. The summed E-state index contributed by atoms with van der Waals surface area (Å²) in [6.45, 7) is 4.27. The Morgan fingerprint density at radius 2 is 2.22 bits per heavy atom. The van der Waals surface area contributed by atoms with Crippen LogP contribution in [0.5, 0.6) is 0 Å². The molecule has 0 spiro atoms. The minimum absolute atomic E-state index is 0.141. The zero-order valence-corrected chi connectivity index (χ0v) is 13.3. The molecule has 3 aromatic rings. The minimum atomic E-state index is -0.294. The van der Waals surface area contributed by atoms with Gasteiger partial charge < -0.3 is 19.6 Å². The van der Waals surface area contributed by atoms with Crippen molar-refractivity contribution in [2.75, 3.05) is 7.11 Å². The predicted molar refractivity (Wildman–Crippen MR) is 86.1 cm³/mol. The number of aromatic amines is 1. The van der Waals surface area contributed by atoms with Gasteiger partial charge in [0.15, 0.2) is 0 Å². The first kappa shape index (κ1) is 15.3. The molecule has 0 saturated carbocycles. The lowest BCUT2D eigenvalue weighted by atomic mass is 10.1. The molecule has 2 heterocycles. The highest BCUT2D eigenvalue weighted by Crippen LogP contribution is 2.21. The summed E-state index contributed by atoms with van der Waals surface area (Å²) in [5.74, 6) is -0.111. The summed E-state index contributed by atoms with van der Waals surface area (Å²) in [5.41, 5.74) is 3.82. The minimum Gasteiger partial charge on any atom is -0.378 e. The van der Waals surface area contributed by atoms with Gasteiger partial charge in [-0.15, -0.1) is 0 Å². The monoisotopic (exact) mass is 313 g/mol. The van der Waals surface area contributed by atoms with E-state index < -0.39 is 0 Å². The fourth-order valence-electron chi connectivity index (χ4n) is 2.55. The molecular weight excluding hydrogens is 294 g/mol. The standard InChI is InChI=1S/C17H19N3O3/c1-10-6-13-7-12(4-5-15(13)18-10)11(2)19-17(21)16-8-14(9-22-3)20-23-16/h4-8,11,18H,9H2,1-3H3,(H,19,21). The number of carbonyl (C=O) groups is 1. The number of aromatic nitrogens is 2. The number of fused-ring (bicyclic) bond motifs is 1. The summed E-state index contributed by atoms with van der Waals surface area (Å²) >= 11 is 0. The van der Waals surface area contributed by atoms with E-state index in [1.54, 1.807) is 13.2 Å². The first-order valence-corrected chi connectivity index (χ1v) is 7.41. The van der Waals surface area contributed by atoms with Crippen molar-refractivity contribution >= 4 is 16.8 Å². The molecule has 1 atom stereocenters. The van der Waals surface area contributed by atoms with Crippen molar-refractivity contribution in [3.8, 4) is 0 Å². The van der Waals surface area contributed by atoms with Gasteiger partial charge in [-0.2, -0.15) is 0 Å². The fourth-order valence-corrected chi connectivity index (χ4v) is 2.55. The Morgan fingerprint density at radius 1 is 1.39 bits per heavy atom. The summed E-state index contributed by atoms with van der Waals surface area (Å²) in [7, 11) is 1.56. The number of nitrogens with zero attached hydrogens (tertiary/aromatic N) is 1. The number of methoxy groups -OCH3 is 1. The Balaban J connectivity index is 1.73. The van der Waals surface area contributed by atoms with Crippen molar-refractivity contribution in [2.45, 2.75) is 26.5 Å². The summed E-state index contributed by atoms with van der Waals surface area (Å²) in [6, 6.07) is 9.62. The third-order valence-electron chi connectivity index (χ3n) is 3.70. The van der Waals surface area contributed by atoms with E-state index in [-0.39, 0.29) is 17.7 Å². The van der Waals surface area contributed by atoms with Crippen LogP contribution in [-0.4, -0.2) is 23.2 Å². The molecule has 6 nitrogen and oxygen atoms in total. The predicted octanol–water partition coefficient (Wildman–Crippen LogP) is 3.10. The van der Waals surface area contributed by atoms with Crippen LogP contribution in [0.4, 0.5) is 0 Å². The molecular formula is C17H19N3O3. The van der Waals surface area contributed by atoms with Crippen LogP contribution < -0.4 is 5.32 Å². The topological polar surface area (TPSA) is 80.1 Å². The van der Waals surface area contributed by atoms with E-state index in [0.29, 0.717) is 12.3 Å².